The van der Waals surface area contributed by atoms with Crippen LogP contribution in [0.5, 0.6) is 0 Å². The van der Waals surface area contributed by atoms with Crippen LogP contribution in [0.25, 0.3) is 0 Å². The molecular weight excluding hydrogens is 351 g/mol. The topological polar surface area (TPSA) is 65.0 Å². The highest BCUT2D eigenvalue weighted by Gasteiger charge is 2.40. The standard InChI is InChI=1S/C20H27O5P/c1-3-24-26(22,25-4-2)20(21)19(15-17-11-7-5-8-12-17)23-16-18-13-9-6-10-14-18/h5-14,19-21H,3-4,15-16H2,1-2H3/t19-,20-/m0/s1. The van der Waals surface area contributed by atoms with E-state index in [-0.39, 0.29) is 13.2 Å². The molecule has 0 aromatic heterocycles. The van der Waals surface area contributed by atoms with Gasteiger partial charge in [0.2, 0.25) is 0 Å². The Morgan fingerprint density at radius 1 is 0.885 bits per heavy atom. The van der Waals surface area contributed by atoms with Crippen molar-refractivity contribution in [3.63, 3.8) is 0 Å². The van der Waals surface area contributed by atoms with Crippen LogP contribution in [-0.2, 0) is 31.4 Å². The predicted octanol–water partition coefficient (Wildman–Crippen LogP) is 4.40. The maximum atomic E-state index is 13.0. The summed E-state index contributed by atoms with van der Waals surface area (Å²) in [4.78, 5) is 0. The summed E-state index contributed by atoms with van der Waals surface area (Å²) in [7, 11) is -3.69. The number of rotatable bonds is 11. The van der Waals surface area contributed by atoms with Crippen molar-refractivity contribution in [3.05, 3.63) is 71.8 Å². The van der Waals surface area contributed by atoms with Gasteiger partial charge in [-0.3, -0.25) is 4.57 Å². The van der Waals surface area contributed by atoms with Crippen molar-refractivity contribution in [2.24, 2.45) is 0 Å². The third-order valence-corrected chi connectivity index (χ3v) is 6.08. The number of hydrogen-bond acceptors (Lipinski definition) is 5. The van der Waals surface area contributed by atoms with Gasteiger partial charge < -0.3 is 18.9 Å². The number of benzene rings is 2. The molecule has 6 heteroatoms. The fourth-order valence-corrected chi connectivity index (χ4v) is 4.33. The van der Waals surface area contributed by atoms with Crippen LogP contribution in [0.4, 0.5) is 0 Å². The molecule has 0 saturated carbocycles. The van der Waals surface area contributed by atoms with E-state index in [0.717, 1.165) is 11.1 Å². The molecule has 2 atom stereocenters. The minimum Gasteiger partial charge on any atom is -0.378 e. The molecule has 0 radical (unpaired) electrons. The molecule has 2 aromatic rings. The molecule has 0 bridgehead atoms. The van der Waals surface area contributed by atoms with Crippen molar-refractivity contribution in [3.8, 4) is 0 Å². The van der Waals surface area contributed by atoms with Crippen LogP contribution in [0, 0.1) is 0 Å². The van der Waals surface area contributed by atoms with E-state index in [0.29, 0.717) is 13.0 Å². The molecule has 0 saturated heterocycles. The second kappa shape index (κ2) is 10.6. The highest BCUT2D eigenvalue weighted by molar-refractivity contribution is 7.54. The smallest absolute Gasteiger partial charge is 0.361 e. The van der Waals surface area contributed by atoms with Crippen LogP contribution in [0.2, 0.25) is 0 Å². The van der Waals surface area contributed by atoms with Crippen molar-refractivity contribution >= 4 is 7.60 Å². The van der Waals surface area contributed by atoms with Gasteiger partial charge in [-0.1, -0.05) is 60.7 Å². The first-order chi connectivity index (χ1) is 12.6. The number of aliphatic hydroxyl groups excluding tert-OH is 1. The van der Waals surface area contributed by atoms with E-state index in [2.05, 4.69) is 0 Å². The van der Waals surface area contributed by atoms with Crippen molar-refractivity contribution in [2.75, 3.05) is 13.2 Å². The Labute approximate surface area is 155 Å². The zero-order valence-corrected chi connectivity index (χ0v) is 16.2. The molecule has 1 N–H and O–H groups in total. The molecule has 26 heavy (non-hydrogen) atoms. The molecule has 0 aliphatic heterocycles. The summed E-state index contributed by atoms with van der Waals surface area (Å²) in [6.45, 7) is 4.11. The van der Waals surface area contributed by atoms with Gasteiger partial charge in [0, 0.05) is 6.42 Å². The molecular formula is C20H27O5P. The van der Waals surface area contributed by atoms with Crippen molar-refractivity contribution < 1.29 is 23.5 Å². The van der Waals surface area contributed by atoms with Gasteiger partial charge >= 0.3 is 7.60 Å². The Bertz CT molecular complexity index is 667. The molecule has 0 fully saturated rings. The van der Waals surface area contributed by atoms with Crippen molar-refractivity contribution in [1.82, 2.24) is 0 Å². The first kappa shape index (κ1) is 20.8. The average molecular weight is 378 g/mol. The lowest BCUT2D eigenvalue weighted by Crippen LogP contribution is -2.32. The Morgan fingerprint density at radius 3 is 1.88 bits per heavy atom. The third kappa shape index (κ3) is 6.04. The lowest BCUT2D eigenvalue weighted by molar-refractivity contribution is -0.0261. The first-order valence-electron chi connectivity index (χ1n) is 8.85. The molecule has 0 heterocycles. The first-order valence-corrected chi connectivity index (χ1v) is 10.5. The highest BCUT2D eigenvalue weighted by atomic mass is 31.2. The minimum atomic E-state index is -3.69. The molecule has 2 aromatic carbocycles. The van der Waals surface area contributed by atoms with Gasteiger partial charge in [-0.2, -0.15) is 0 Å². The molecule has 142 valence electrons. The summed E-state index contributed by atoms with van der Waals surface area (Å²) in [6.07, 6.45) is -0.319. The Kier molecular flexibility index (Phi) is 8.49. The van der Waals surface area contributed by atoms with E-state index in [1.165, 1.54) is 0 Å². The largest absolute Gasteiger partial charge is 0.378 e. The minimum absolute atomic E-state index is 0.186. The van der Waals surface area contributed by atoms with Gasteiger partial charge in [-0.15, -0.1) is 0 Å². The van der Waals surface area contributed by atoms with E-state index in [1.807, 2.05) is 60.7 Å². The van der Waals surface area contributed by atoms with Crippen LogP contribution in [0.1, 0.15) is 25.0 Å². The van der Waals surface area contributed by atoms with Crippen LogP contribution >= 0.6 is 7.60 Å². The zero-order chi connectivity index (χ0) is 18.8. The molecule has 2 rings (SSSR count). The third-order valence-electron chi connectivity index (χ3n) is 3.86. The predicted molar refractivity (Wildman–Crippen MR) is 102 cm³/mol. The molecule has 0 unspecified atom stereocenters. The molecule has 0 aliphatic carbocycles. The van der Waals surface area contributed by atoms with Gasteiger partial charge in [-0.05, 0) is 25.0 Å². The fraction of sp³-hybridized carbons (Fsp3) is 0.400. The highest BCUT2D eigenvalue weighted by Crippen LogP contribution is 2.53. The van der Waals surface area contributed by atoms with Crippen LogP contribution in [-0.4, -0.2) is 30.3 Å². The van der Waals surface area contributed by atoms with Crippen molar-refractivity contribution in [2.45, 2.75) is 38.8 Å². The van der Waals surface area contributed by atoms with Crippen LogP contribution in [0.15, 0.2) is 60.7 Å². The second-order valence-corrected chi connectivity index (χ2v) is 7.94. The van der Waals surface area contributed by atoms with E-state index >= 15 is 0 Å². The van der Waals surface area contributed by atoms with E-state index in [1.54, 1.807) is 13.8 Å². The van der Waals surface area contributed by atoms with E-state index < -0.39 is 19.5 Å². The van der Waals surface area contributed by atoms with E-state index in [9.17, 15) is 9.67 Å². The normalized spacial score (nSPS) is 14.1. The van der Waals surface area contributed by atoms with Gasteiger partial charge in [0.25, 0.3) is 0 Å². The summed E-state index contributed by atoms with van der Waals surface area (Å²) in [5.74, 6) is -1.37. The van der Waals surface area contributed by atoms with Crippen LogP contribution in [0.3, 0.4) is 0 Å². The maximum absolute atomic E-state index is 13.0. The Hall–Kier alpha value is -1.49. The lowest BCUT2D eigenvalue weighted by atomic mass is 10.1. The molecule has 0 aliphatic rings. The van der Waals surface area contributed by atoms with Crippen LogP contribution < -0.4 is 0 Å². The summed E-state index contributed by atoms with van der Waals surface area (Å²) >= 11 is 0. The van der Waals surface area contributed by atoms with Gasteiger partial charge in [0.15, 0.2) is 5.85 Å². The lowest BCUT2D eigenvalue weighted by Gasteiger charge is -2.29. The van der Waals surface area contributed by atoms with Gasteiger partial charge in [0.05, 0.1) is 25.9 Å². The van der Waals surface area contributed by atoms with Gasteiger partial charge in [0.1, 0.15) is 0 Å². The Balaban J connectivity index is 2.18. The Morgan fingerprint density at radius 2 is 1.38 bits per heavy atom. The summed E-state index contributed by atoms with van der Waals surface area (Å²) < 4.78 is 29.5. The number of aliphatic hydroxyl groups is 1. The summed E-state index contributed by atoms with van der Waals surface area (Å²) in [5, 5.41) is 10.8. The number of hydrogen-bond donors (Lipinski definition) is 1. The summed E-state index contributed by atoms with van der Waals surface area (Å²) in [5.41, 5.74) is 1.95. The van der Waals surface area contributed by atoms with E-state index in [4.69, 9.17) is 13.8 Å². The van der Waals surface area contributed by atoms with Crippen molar-refractivity contribution in [1.29, 1.82) is 0 Å². The maximum Gasteiger partial charge on any atom is 0.361 e. The quantitative estimate of drug-likeness (QED) is 0.587. The fourth-order valence-electron chi connectivity index (χ4n) is 2.63. The summed E-state index contributed by atoms with van der Waals surface area (Å²) in [6, 6.07) is 19.3. The SMILES string of the molecule is CCOP(=O)(OCC)[C@H](O)[C@H](Cc1ccccc1)OCc1ccccc1. The van der Waals surface area contributed by atoms with Gasteiger partial charge in [-0.25, -0.2) is 0 Å². The second-order valence-electron chi connectivity index (χ2n) is 5.81. The molecule has 0 spiro atoms. The molecule has 5 nitrogen and oxygen atoms in total. The average Bonchev–Trinajstić information content (AvgIpc) is 2.66. The monoisotopic (exact) mass is 378 g/mol. The zero-order valence-electron chi connectivity index (χ0n) is 15.3. The molecule has 0 amide bonds. The number of ether oxygens (including phenoxy) is 1.